The first-order valence-corrected chi connectivity index (χ1v) is 2.37. The topological polar surface area (TPSA) is 39.2 Å². The molecule has 45 valence electrons. The summed E-state index contributed by atoms with van der Waals surface area (Å²) in [7, 11) is 0. The smallest absolute Gasteiger partial charge is 0.416 e. The van der Waals surface area contributed by atoms with E-state index in [1.165, 1.54) is 12.7 Å². The van der Waals surface area contributed by atoms with E-state index < -0.39 is 0 Å². The van der Waals surface area contributed by atoms with Crippen molar-refractivity contribution >= 4 is 6.47 Å². The summed E-state index contributed by atoms with van der Waals surface area (Å²) in [5.74, 6) is 0.410. The highest BCUT2D eigenvalue weighted by molar-refractivity contribution is 5.44. The van der Waals surface area contributed by atoms with E-state index in [-0.39, 0.29) is 0 Å². The summed E-state index contributed by atoms with van der Waals surface area (Å²) < 4.78 is 4.34. The summed E-state index contributed by atoms with van der Waals surface area (Å²) in [6, 6.07) is 3.30. The summed E-state index contributed by atoms with van der Waals surface area (Å²) in [5.41, 5.74) is 0. The van der Waals surface area contributed by atoms with Crippen molar-refractivity contribution in [3.8, 4) is 5.75 Å². The normalized spacial score (nSPS) is 8.44. The minimum Gasteiger partial charge on any atom is -0.416 e. The first kappa shape index (κ1) is 5.75. The van der Waals surface area contributed by atoms with Crippen LogP contribution in [0.2, 0.25) is 0 Å². The lowest BCUT2D eigenvalue weighted by Crippen LogP contribution is -1.87. The summed E-state index contributed by atoms with van der Waals surface area (Å²) >= 11 is 0. The maximum Gasteiger partial charge on any atom is 0.423 e. The molecule has 3 heteroatoms. The Balaban J connectivity index is 2.72. The van der Waals surface area contributed by atoms with Crippen molar-refractivity contribution in [2.24, 2.45) is 0 Å². The number of hydrogen-bond acceptors (Lipinski definition) is 3. The van der Waals surface area contributed by atoms with E-state index in [1.807, 2.05) is 0 Å². The van der Waals surface area contributed by atoms with E-state index in [1.54, 1.807) is 18.3 Å². The Kier molecular flexibility index (Phi) is 1.80. The first-order chi connectivity index (χ1) is 4.43. The van der Waals surface area contributed by atoms with Gasteiger partial charge in [-0.2, -0.15) is 0 Å². The van der Waals surface area contributed by atoms with E-state index in [0.29, 0.717) is 5.75 Å². The summed E-state index contributed by atoms with van der Waals surface area (Å²) in [5, 5.41) is 0. The fourth-order valence-corrected chi connectivity index (χ4v) is 0.456. The molecular formula is C6H4NO2. The Morgan fingerprint density at radius 3 is 3.11 bits per heavy atom. The molecule has 0 atom stereocenters. The molecule has 0 fully saturated rings. The molecule has 0 saturated heterocycles. The lowest BCUT2D eigenvalue weighted by atomic mass is 10.5. The molecule has 1 heterocycles. The van der Waals surface area contributed by atoms with E-state index in [9.17, 15) is 4.79 Å². The number of rotatable bonds is 2. The van der Waals surface area contributed by atoms with Crippen molar-refractivity contribution in [2.45, 2.75) is 0 Å². The Morgan fingerprint density at radius 2 is 2.56 bits per heavy atom. The van der Waals surface area contributed by atoms with Crippen LogP contribution in [0, 0.1) is 0 Å². The van der Waals surface area contributed by atoms with Crippen LogP contribution in [0.3, 0.4) is 0 Å². The highest BCUT2D eigenvalue weighted by Crippen LogP contribution is 2.03. The average molecular weight is 122 g/mol. The van der Waals surface area contributed by atoms with Crippen molar-refractivity contribution in [3.63, 3.8) is 0 Å². The molecular weight excluding hydrogens is 118 g/mol. The minimum absolute atomic E-state index is 0.410. The molecule has 0 saturated carbocycles. The third kappa shape index (κ3) is 1.53. The summed E-state index contributed by atoms with van der Waals surface area (Å²) in [6.45, 7) is 1.29. The molecule has 0 aromatic carbocycles. The number of nitrogens with zero attached hydrogens (tertiary/aromatic N) is 1. The molecule has 0 aliphatic carbocycles. The Labute approximate surface area is 52.3 Å². The quantitative estimate of drug-likeness (QED) is 0.574. The van der Waals surface area contributed by atoms with E-state index in [0.717, 1.165) is 0 Å². The Hall–Kier alpha value is -1.38. The molecule has 0 aliphatic heterocycles. The van der Waals surface area contributed by atoms with Gasteiger partial charge in [-0.1, -0.05) is 0 Å². The van der Waals surface area contributed by atoms with Gasteiger partial charge in [0, 0.05) is 6.20 Å². The molecule has 1 radical (unpaired) electrons. The van der Waals surface area contributed by atoms with Crippen molar-refractivity contribution in [2.75, 3.05) is 0 Å². The van der Waals surface area contributed by atoms with Gasteiger partial charge in [0.25, 0.3) is 0 Å². The molecule has 0 amide bonds. The SMILES string of the molecule is O=[C]Oc1cccnc1. The Morgan fingerprint density at radius 1 is 1.67 bits per heavy atom. The minimum atomic E-state index is 0.410. The van der Waals surface area contributed by atoms with Crippen molar-refractivity contribution in [1.82, 2.24) is 4.98 Å². The lowest BCUT2D eigenvalue weighted by Gasteiger charge is -1.90. The van der Waals surface area contributed by atoms with Gasteiger partial charge >= 0.3 is 6.47 Å². The predicted molar refractivity (Wildman–Crippen MR) is 30.6 cm³/mol. The molecule has 3 nitrogen and oxygen atoms in total. The van der Waals surface area contributed by atoms with Gasteiger partial charge in [0.05, 0.1) is 6.20 Å². The number of ether oxygens (including phenoxy) is 1. The molecule has 1 aromatic rings. The molecule has 0 spiro atoms. The highest BCUT2D eigenvalue weighted by atomic mass is 16.5. The van der Waals surface area contributed by atoms with Gasteiger partial charge in [0.15, 0.2) is 0 Å². The Bertz CT molecular complexity index is 186. The van der Waals surface area contributed by atoms with Crippen molar-refractivity contribution in [3.05, 3.63) is 24.5 Å². The van der Waals surface area contributed by atoms with Crippen LogP contribution in [-0.2, 0) is 4.79 Å². The fourth-order valence-electron chi connectivity index (χ4n) is 0.456. The maximum absolute atomic E-state index is 9.60. The molecule has 0 bridgehead atoms. The van der Waals surface area contributed by atoms with Crippen molar-refractivity contribution in [1.29, 1.82) is 0 Å². The van der Waals surface area contributed by atoms with E-state index >= 15 is 0 Å². The predicted octanol–water partition coefficient (Wildman–Crippen LogP) is 0.528. The number of aromatic nitrogens is 1. The van der Waals surface area contributed by atoms with Crippen LogP contribution in [0.4, 0.5) is 0 Å². The van der Waals surface area contributed by atoms with Gasteiger partial charge < -0.3 is 4.74 Å². The summed E-state index contributed by atoms with van der Waals surface area (Å²) in [4.78, 5) is 13.3. The van der Waals surface area contributed by atoms with Crippen molar-refractivity contribution < 1.29 is 9.53 Å². The highest BCUT2D eigenvalue weighted by Gasteiger charge is 1.86. The van der Waals surface area contributed by atoms with Crippen LogP contribution >= 0.6 is 0 Å². The fraction of sp³-hybridized carbons (Fsp3) is 0. The van der Waals surface area contributed by atoms with Gasteiger partial charge in [-0.3, -0.25) is 4.98 Å². The third-order valence-electron chi connectivity index (χ3n) is 0.794. The molecule has 0 N–H and O–H groups in total. The number of hydrogen-bond donors (Lipinski definition) is 0. The van der Waals surface area contributed by atoms with Crippen LogP contribution in [-0.4, -0.2) is 11.5 Å². The van der Waals surface area contributed by atoms with Gasteiger partial charge in [-0.05, 0) is 12.1 Å². The zero-order valence-corrected chi connectivity index (χ0v) is 4.57. The first-order valence-electron chi connectivity index (χ1n) is 2.37. The molecule has 0 aliphatic rings. The molecule has 1 rings (SSSR count). The molecule has 0 unspecified atom stereocenters. The van der Waals surface area contributed by atoms with Gasteiger partial charge in [-0.15, -0.1) is 0 Å². The van der Waals surface area contributed by atoms with E-state index in [4.69, 9.17) is 0 Å². The lowest BCUT2D eigenvalue weighted by molar-refractivity contribution is 0.441. The van der Waals surface area contributed by atoms with Crippen LogP contribution in [0.5, 0.6) is 5.75 Å². The van der Waals surface area contributed by atoms with E-state index in [2.05, 4.69) is 9.72 Å². The zero-order valence-electron chi connectivity index (χ0n) is 4.57. The standard InChI is InChI=1S/C6H4NO2/c8-5-9-6-2-1-3-7-4-6/h1-4H. The maximum atomic E-state index is 9.60. The van der Waals surface area contributed by atoms with Crippen LogP contribution in [0.15, 0.2) is 24.5 Å². The molecule has 9 heavy (non-hydrogen) atoms. The number of carbonyl (C=O) groups excluding carboxylic acids is 1. The second-order valence-corrected chi connectivity index (χ2v) is 1.37. The van der Waals surface area contributed by atoms with Gasteiger partial charge in [0.2, 0.25) is 0 Å². The van der Waals surface area contributed by atoms with Crippen LogP contribution < -0.4 is 4.74 Å². The molecule has 1 aromatic heterocycles. The zero-order chi connectivity index (χ0) is 6.53. The summed E-state index contributed by atoms with van der Waals surface area (Å²) in [6.07, 6.45) is 3.03. The van der Waals surface area contributed by atoms with Crippen LogP contribution in [0.1, 0.15) is 0 Å². The van der Waals surface area contributed by atoms with Crippen LogP contribution in [0.25, 0.3) is 0 Å². The largest absolute Gasteiger partial charge is 0.423 e. The monoisotopic (exact) mass is 122 g/mol. The second-order valence-electron chi connectivity index (χ2n) is 1.37. The average Bonchev–Trinajstić information content (AvgIpc) is 1.91. The van der Waals surface area contributed by atoms with Gasteiger partial charge in [0.1, 0.15) is 5.75 Å². The van der Waals surface area contributed by atoms with Gasteiger partial charge in [-0.25, -0.2) is 4.79 Å². The number of pyridine rings is 1. The third-order valence-corrected chi connectivity index (χ3v) is 0.794. The second kappa shape index (κ2) is 2.81.